The molecule has 0 radical (unpaired) electrons. The molecule has 0 aliphatic rings. The van der Waals surface area contributed by atoms with E-state index in [4.69, 9.17) is 9.26 Å². The number of hydrogen-bond donors (Lipinski definition) is 0. The minimum Gasteiger partial charge on any atom is -0.383 e. The normalized spacial score (nSPS) is 11.4. The lowest BCUT2D eigenvalue weighted by Crippen LogP contribution is -2.41. The van der Waals surface area contributed by atoms with E-state index in [-0.39, 0.29) is 12.4 Å². The van der Waals surface area contributed by atoms with Crippen molar-refractivity contribution < 1.29 is 9.26 Å². The summed E-state index contributed by atoms with van der Waals surface area (Å²) in [6.45, 7) is 3.26. The van der Waals surface area contributed by atoms with E-state index >= 15 is 0 Å². The predicted molar refractivity (Wildman–Crippen MR) is 114 cm³/mol. The van der Waals surface area contributed by atoms with Gasteiger partial charge in [0.2, 0.25) is 11.7 Å². The van der Waals surface area contributed by atoms with Crippen LogP contribution in [0.25, 0.3) is 22.6 Å². The topological polar surface area (TPSA) is 110 Å². The van der Waals surface area contributed by atoms with Gasteiger partial charge in [0.05, 0.1) is 12.9 Å². The number of hydrogen-bond acceptors (Lipinski definition) is 7. The second-order valence-corrected chi connectivity index (χ2v) is 7.16. The van der Waals surface area contributed by atoms with Crippen LogP contribution in [0.1, 0.15) is 25.7 Å². The van der Waals surface area contributed by atoms with Crippen LogP contribution in [0.5, 0.6) is 0 Å². The summed E-state index contributed by atoms with van der Waals surface area (Å²) in [4.78, 5) is 35.1. The van der Waals surface area contributed by atoms with Crippen LogP contribution in [-0.4, -0.2) is 42.5 Å². The first kappa shape index (κ1) is 20.7. The molecule has 3 heterocycles. The van der Waals surface area contributed by atoms with E-state index in [1.807, 2.05) is 37.3 Å². The van der Waals surface area contributed by atoms with Crippen molar-refractivity contribution in [3.8, 4) is 11.4 Å². The summed E-state index contributed by atoms with van der Waals surface area (Å²) in [5.41, 5.74) is 0.642. The van der Waals surface area contributed by atoms with Gasteiger partial charge in [-0.15, -0.1) is 0 Å². The number of rotatable bonds is 9. The van der Waals surface area contributed by atoms with E-state index in [0.717, 1.165) is 23.0 Å². The molecule has 3 aromatic heterocycles. The zero-order valence-electron chi connectivity index (χ0n) is 17.5. The van der Waals surface area contributed by atoms with Crippen LogP contribution in [-0.2, 0) is 24.4 Å². The molecular weight excluding hydrogens is 400 g/mol. The van der Waals surface area contributed by atoms with Gasteiger partial charge in [-0.2, -0.15) is 4.98 Å². The van der Waals surface area contributed by atoms with Crippen molar-refractivity contribution in [2.24, 2.45) is 0 Å². The number of aromatic nitrogens is 6. The van der Waals surface area contributed by atoms with Crippen molar-refractivity contribution in [3.05, 3.63) is 63.4 Å². The molecule has 0 bridgehead atoms. The van der Waals surface area contributed by atoms with Crippen LogP contribution >= 0.6 is 0 Å². The van der Waals surface area contributed by atoms with Crippen LogP contribution < -0.4 is 11.2 Å². The van der Waals surface area contributed by atoms with Crippen LogP contribution in [0, 0.1) is 0 Å². The van der Waals surface area contributed by atoms with Crippen LogP contribution in [0.15, 0.2) is 50.8 Å². The molecule has 0 aliphatic heterocycles. The number of unbranched alkanes of at least 4 members (excludes halogenated alkanes) is 1. The molecule has 0 amide bonds. The lowest BCUT2D eigenvalue weighted by molar-refractivity contribution is 0.188. The van der Waals surface area contributed by atoms with Gasteiger partial charge in [-0.1, -0.05) is 48.8 Å². The highest BCUT2D eigenvalue weighted by atomic mass is 16.5. The summed E-state index contributed by atoms with van der Waals surface area (Å²) in [5.74, 6) is 0.587. The smallest absolute Gasteiger partial charge is 0.333 e. The Bertz CT molecular complexity index is 1280. The predicted octanol–water partition coefficient (Wildman–Crippen LogP) is 1.90. The molecular formula is C21H24N6O4. The molecule has 0 aliphatic carbocycles. The molecule has 0 spiro atoms. The van der Waals surface area contributed by atoms with E-state index in [2.05, 4.69) is 15.1 Å². The Morgan fingerprint density at radius 2 is 1.90 bits per heavy atom. The Morgan fingerprint density at radius 1 is 1.10 bits per heavy atom. The summed E-state index contributed by atoms with van der Waals surface area (Å²) >= 11 is 0. The molecule has 31 heavy (non-hydrogen) atoms. The molecule has 0 saturated carbocycles. The first-order valence-corrected chi connectivity index (χ1v) is 10.2. The van der Waals surface area contributed by atoms with Gasteiger partial charge in [0, 0.05) is 25.8 Å². The molecule has 4 rings (SSSR count). The Labute approximate surface area is 177 Å². The third-order valence-corrected chi connectivity index (χ3v) is 5.05. The molecule has 0 fully saturated rings. The van der Waals surface area contributed by atoms with E-state index < -0.39 is 11.2 Å². The number of fused-ring (bicyclic) bond motifs is 1. The molecule has 10 nitrogen and oxygen atoms in total. The van der Waals surface area contributed by atoms with Gasteiger partial charge in [0.15, 0.2) is 11.2 Å². The van der Waals surface area contributed by atoms with Gasteiger partial charge in [-0.3, -0.25) is 9.36 Å². The van der Waals surface area contributed by atoms with E-state index in [1.54, 1.807) is 18.0 Å². The summed E-state index contributed by atoms with van der Waals surface area (Å²) in [6.07, 6.45) is 3.26. The van der Waals surface area contributed by atoms with Crippen LogP contribution in [0.3, 0.4) is 0 Å². The third-order valence-electron chi connectivity index (χ3n) is 5.05. The number of ether oxygens (including phenoxy) is 1. The zero-order chi connectivity index (χ0) is 21.8. The molecule has 0 unspecified atom stereocenters. The second-order valence-electron chi connectivity index (χ2n) is 7.16. The van der Waals surface area contributed by atoms with Gasteiger partial charge in [-0.25, -0.2) is 14.3 Å². The number of nitrogens with zero attached hydrogens (tertiary/aromatic N) is 6. The van der Waals surface area contributed by atoms with Gasteiger partial charge in [0.25, 0.3) is 5.56 Å². The maximum absolute atomic E-state index is 13.3. The Kier molecular flexibility index (Phi) is 6.08. The van der Waals surface area contributed by atoms with Gasteiger partial charge in [0.1, 0.15) is 6.54 Å². The third kappa shape index (κ3) is 4.06. The fourth-order valence-electron chi connectivity index (χ4n) is 3.41. The minimum atomic E-state index is -0.444. The fourth-order valence-corrected chi connectivity index (χ4v) is 3.41. The van der Waals surface area contributed by atoms with Gasteiger partial charge in [-0.05, 0) is 6.42 Å². The number of benzene rings is 1. The van der Waals surface area contributed by atoms with Crippen molar-refractivity contribution >= 4 is 11.2 Å². The maximum atomic E-state index is 13.3. The van der Waals surface area contributed by atoms with Crippen molar-refractivity contribution in [3.63, 3.8) is 0 Å². The highest BCUT2D eigenvalue weighted by molar-refractivity contribution is 5.70. The molecule has 1 aromatic carbocycles. The van der Waals surface area contributed by atoms with Crippen molar-refractivity contribution in [2.75, 3.05) is 13.7 Å². The van der Waals surface area contributed by atoms with Crippen molar-refractivity contribution in [1.82, 2.24) is 28.8 Å². The minimum absolute atomic E-state index is 0.116. The number of imidazole rings is 1. The first-order valence-electron chi connectivity index (χ1n) is 10.2. The zero-order valence-corrected chi connectivity index (χ0v) is 17.5. The molecule has 0 atom stereocenters. The lowest BCUT2D eigenvalue weighted by atomic mass is 10.2. The van der Waals surface area contributed by atoms with E-state index in [0.29, 0.717) is 36.7 Å². The van der Waals surface area contributed by atoms with Crippen LogP contribution in [0.4, 0.5) is 0 Å². The second kappa shape index (κ2) is 9.09. The number of aryl methyl sites for hydroxylation is 1. The quantitative estimate of drug-likeness (QED) is 0.404. The summed E-state index contributed by atoms with van der Waals surface area (Å²) in [6, 6.07) is 9.36. The SMILES string of the molecule is CCCCn1c(=O)n(Cc2nc(-c3ccccc3)no2)c(=O)c2c1ncn2CCOC. The van der Waals surface area contributed by atoms with Gasteiger partial charge < -0.3 is 13.8 Å². The fraction of sp³-hybridized carbons (Fsp3) is 0.381. The first-order chi connectivity index (χ1) is 15.1. The van der Waals surface area contributed by atoms with E-state index in [9.17, 15) is 9.59 Å². The number of methoxy groups -OCH3 is 1. The van der Waals surface area contributed by atoms with Crippen LogP contribution in [0.2, 0.25) is 0 Å². The molecule has 10 heteroatoms. The Morgan fingerprint density at radius 3 is 2.65 bits per heavy atom. The van der Waals surface area contributed by atoms with E-state index in [1.165, 1.54) is 4.57 Å². The Hall–Kier alpha value is -3.53. The summed E-state index contributed by atoms with van der Waals surface area (Å²) in [5, 5.41) is 3.98. The molecule has 0 saturated heterocycles. The highest BCUT2D eigenvalue weighted by Crippen LogP contribution is 2.15. The standard InChI is InChI=1S/C21H24N6O4/c1-3-4-10-26-19-17(25(14-22-19)11-12-30-2)20(28)27(21(26)29)13-16-23-18(24-31-16)15-8-6-5-7-9-15/h5-9,14H,3-4,10-13H2,1-2H3. The highest BCUT2D eigenvalue weighted by Gasteiger charge is 2.20. The molecule has 4 aromatic rings. The summed E-state index contributed by atoms with van der Waals surface area (Å²) in [7, 11) is 1.59. The lowest BCUT2D eigenvalue weighted by Gasteiger charge is -2.11. The maximum Gasteiger partial charge on any atom is 0.333 e. The average Bonchev–Trinajstić information content (AvgIpc) is 3.43. The molecule has 162 valence electrons. The monoisotopic (exact) mass is 424 g/mol. The van der Waals surface area contributed by atoms with Crippen molar-refractivity contribution in [1.29, 1.82) is 0 Å². The largest absolute Gasteiger partial charge is 0.383 e. The average molecular weight is 424 g/mol. The van der Waals surface area contributed by atoms with Gasteiger partial charge >= 0.3 is 5.69 Å². The Balaban J connectivity index is 1.79. The van der Waals surface area contributed by atoms with Crippen molar-refractivity contribution in [2.45, 2.75) is 39.4 Å². The summed E-state index contributed by atoms with van der Waals surface area (Å²) < 4.78 is 14.8. The molecule has 0 N–H and O–H groups in total.